The van der Waals surface area contributed by atoms with Gasteiger partial charge in [0.15, 0.2) is 0 Å². The van der Waals surface area contributed by atoms with Crippen LogP contribution in [0.25, 0.3) is 0 Å². The van der Waals surface area contributed by atoms with Crippen molar-refractivity contribution >= 4 is 18.6 Å². The first kappa shape index (κ1) is 15.8. The molecule has 0 aliphatic rings. The van der Waals surface area contributed by atoms with Crippen LogP contribution in [0.4, 0.5) is 0 Å². The first-order chi connectivity index (χ1) is 7.50. The minimum absolute atomic E-state index is 0.223. The largest absolute Gasteiger partial charge is 0.478 e. The highest BCUT2D eigenvalue weighted by Crippen LogP contribution is 2.20. The Bertz CT molecular complexity index is 193. The van der Waals surface area contributed by atoms with Gasteiger partial charge in [0.05, 0.1) is 0 Å². The molecule has 0 amide bonds. The number of hydrogen-bond acceptors (Lipinski definition) is 3. The van der Waals surface area contributed by atoms with Crippen molar-refractivity contribution in [3.8, 4) is 0 Å². The van der Waals surface area contributed by atoms with Crippen molar-refractivity contribution in [1.29, 1.82) is 0 Å². The van der Waals surface area contributed by atoms with Crippen LogP contribution in [0.2, 0.25) is 0 Å². The van der Waals surface area contributed by atoms with E-state index in [-0.39, 0.29) is 6.42 Å². The predicted octanol–water partition coefficient (Wildman–Crippen LogP) is 3.22. The Labute approximate surface area is 104 Å². The minimum atomic E-state index is -1.85. The third kappa shape index (κ3) is 7.99. The van der Waals surface area contributed by atoms with E-state index in [1.54, 1.807) is 0 Å². The molecular formula is C12H24O3S. The molecule has 0 aliphatic heterocycles. The molecule has 0 aromatic rings. The van der Waals surface area contributed by atoms with E-state index in [1.165, 1.54) is 32.1 Å². The Kier molecular flexibility index (Phi) is 8.76. The van der Waals surface area contributed by atoms with Crippen molar-refractivity contribution in [3.63, 3.8) is 0 Å². The van der Waals surface area contributed by atoms with E-state index in [0.717, 1.165) is 19.3 Å². The summed E-state index contributed by atoms with van der Waals surface area (Å²) >= 11 is 3.71. The van der Waals surface area contributed by atoms with E-state index < -0.39 is 10.9 Å². The average Bonchev–Trinajstić information content (AvgIpc) is 2.21. The molecule has 2 N–H and O–H groups in total. The number of hydrogen-bond donors (Lipinski definition) is 3. The van der Waals surface area contributed by atoms with Crippen LogP contribution in [0.1, 0.15) is 64.7 Å². The summed E-state index contributed by atoms with van der Waals surface area (Å²) < 4.78 is 0. The van der Waals surface area contributed by atoms with Crippen LogP contribution in [0.15, 0.2) is 0 Å². The molecule has 0 fully saturated rings. The molecule has 0 bridgehead atoms. The van der Waals surface area contributed by atoms with Crippen LogP contribution in [0.3, 0.4) is 0 Å². The lowest BCUT2D eigenvalue weighted by Gasteiger charge is -2.16. The fourth-order valence-corrected chi connectivity index (χ4v) is 1.77. The summed E-state index contributed by atoms with van der Waals surface area (Å²) in [7, 11) is 0. The second-order valence-corrected chi connectivity index (χ2v) is 5.09. The van der Waals surface area contributed by atoms with Gasteiger partial charge in [0.2, 0.25) is 4.93 Å². The van der Waals surface area contributed by atoms with Gasteiger partial charge >= 0.3 is 5.97 Å². The maximum atomic E-state index is 10.5. The molecule has 96 valence electrons. The normalized spacial score (nSPS) is 14.7. The predicted molar refractivity (Wildman–Crippen MR) is 68.8 cm³/mol. The molecule has 1 atom stereocenters. The van der Waals surface area contributed by atoms with Crippen molar-refractivity contribution in [2.75, 3.05) is 0 Å². The molecule has 1 unspecified atom stereocenters. The Morgan fingerprint density at radius 3 is 1.94 bits per heavy atom. The van der Waals surface area contributed by atoms with Crippen LogP contribution in [0.5, 0.6) is 0 Å². The molecule has 0 spiro atoms. The van der Waals surface area contributed by atoms with Gasteiger partial charge in [-0.1, -0.05) is 51.9 Å². The first-order valence-electron chi connectivity index (χ1n) is 6.19. The van der Waals surface area contributed by atoms with Gasteiger partial charge in [0, 0.05) is 0 Å². The third-order valence-electron chi connectivity index (χ3n) is 2.72. The number of aliphatic carboxylic acids is 1. The summed E-state index contributed by atoms with van der Waals surface area (Å²) in [4.78, 5) is 8.69. The number of thiol groups is 1. The quantitative estimate of drug-likeness (QED) is 0.316. The van der Waals surface area contributed by atoms with Gasteiger partial charge in [0.25, 0.3) is 0 Å². The molecule has 4 heteroatoms. The van der Waals surface area contributed by atoms with E-state index in [0.29, 0.717) is 0 Å². The zero-order valence-corrected chi connectivity index (χ0v) is 11.0. The summed E-state index contributed by atoms with van der Waals surface area (Å²) in [5.74, 6) is -1.25. The fraction of sp³-hybridized carbons (Fsp3) is 0.917. The van der Waals surface area contributed by atoms with Crippen LogP contribution in [-0.2, 0) is 4.79 Å². The summed E-state index contributed by atoms with van der Waals surface area (Å²) in [6, 6.07) is 0. The standard InChI is InChI=1S/C12H24O3S/c1-2-3-4-5-6-7-8-9-10-12(15,16)11(13)14/h15-16H,2-10H2,1H3,(H,13,14). The lowest BCUT2D eigenvalue weighted by atomic mass is 10.1. The second kappa shape index (κ2) is 8.88. The molecular weight excluding hydrogens is 224 g/mol. The summed E-state index contributed by atoms with van der Waals surface area (Å²) in [5.41, 5.74) is 0. The number of aliphatic hydroxyl groups is 1. The molecule has 0 rings (SSSR count). The molecule has 0 aliphatic carbocycles. The van der Waals surface area contributed by atoms with Crippen LogP contribution < -0.4 is 0 Å². The van der Waals surface area contributed by atoms with E-state index in [4.69, 9.17) is 5.11 Å². The fourth-order valence-electron chi connectivity index (χ4n) is 1.61. The highest BCUT2D eigenvalue weighted by Gasteiger charge is 2.30. The van der Waals surface area contributed by atoms with Gasteiger partial charge in [-0.25, -0.2) is 4.79 Å². The van der Waals surface area contributed by atoms with Crippen molar-refractivity contribution in [2.45, 2.75) is 69.6 Å². The number of carboxylic acid groups (broad SMARTS) is 1. The Morgan fingerprint density at radius 1 is 1.06 bits per heavy atom. The van der Waals surface area contributed by atoms with Gasteiger partial charge < -0.3 is 10.2 Å². The van der Waals surface area contributed by atoms with Crippen molar-refractivity contribution in [1.82, 2.24) is 0 Å². The highest BCUT2D eigenvalue weighted by molar-refractivity contribution is 7.82. The number of carboxylic acids is 1. The maximum Gasteiger partial charge on any atom is 0.346 e. The molecule has 0 saturated heterocycles. The highest BCUT2D eigenvalue weighted by atomic mass is 32.1. The van der Waals surface area contributed by atoms with Crippen LogP contribution in [0, 0.1) is 0 Å². The Balaban J connectivity index is 3.30. The van der Waals surface area contributed by atoms with E-state index >= 15 is 0 Å². The third-order valence-corrected chi connectivity index (χ3v) is 3.14. The zero-order valence-electron chi connectivity index (χ0n) is 10.1. The number of unbranched alkanes of at least 4 members (excludes halogenated alkanes) is 7. The van der Waals surface area contributed by atoms with Crippen LogP contribution >= 0.6 is 12.6 Å². The lowest BCUT2D eigenvalue weighted by molar-refractivity contribution is -0.149. The van der Waals surface area contributed by atoms with E-state index in [1.807, 2.05) is 0 Å². The molecule has 0 heterocycles. The number of rotatable bonds is 10. The monoisotopic (exact) mass is 248 g/mol. The summed E-state index contributed by atoms with van der Waals surface area (Å²) in [6.45, 7) is 2.19. The first-order valence-corrected chi connectivity index (χ1v) is 6.63. The summed E-state index contributed by atoms with van der Waals surface area (Å²) in [6.07, 6.45) is 9.36. The van der Waals surface area contributed by atoms with Gasteiger partial charge in [-0.2, -0.15) is 0 Å². The maximum absolute atomic E-state index is 10.5. The number of carbonyl (C=O) groups is 1. The van der Waals surface area contributed by atoms with Gasteiger partial charge in [0.1, 0.15) is 0 Å². The van der Waals surface area contributed by atoms with E-state index in [2.05, 4.69) is 19.6 Å². The molecule has 0 aromatic heterocycles. The Morgan fingerprint density at radius 2 is 1.50 bits per heavy atom. The molecule has 3 nitrogen and oxygen atoms in total. The van der Waals surface area contributed by atoms with Gasteiger partial charge in [-0.3, -0.25) is 0 Å². The smallest absolute Gasteiger partial charge is 0.346 e. The average molecular weight is 248 g/mol. The van der Waals surface area contributed by atoms with Crippen LogP contribution in [-0.4, -0.2) is 21.1 Å². The van der Waals surface area contributed by atoms with Gasteiger partial charge in [-0.05, 0) is 12.8 Å². The zero-order chi connectivity index (χ0) is 12.4. The SMILES string of the molecule is CCCCCCCCCCC(O)(S)C(=O)O. The van der Waals surface area contributed by atoms with E-state index in [9.17, 15) is 9.90 Å². The molecule has 0 saturated carbocycles. The van der Waals surface area contributed by atoms with Gasteiger partial charge in [-0.15, -0.1) is 12.6 Å². The minimum Gasteiger partial charge on any atom is -0.478 e. The molecule has 0 aromatic carbocycles. The van der Waals surface area contributed by atoms with Crippen molar-refractivity contribution in [2.24, 2.45) is 0 Å². The summed E-state index contributed by atoms with van der Waals surface area (Å²) in [5, 5.41) is 17.9. The van der Waals surface area contributed by atoms with Crippen molar-refractivity contribution in [3.05, 3.63) is 0 Å². The topological polar surface area (TPSA) is 57.5 Å². The second-order valence-electron chi connectivity index (χ2n) is 4.35. The lowest BCUT2D eigenvalue weighted by Crippen LogP contribution is -2.31. The molecule has 0 radical (unpaired) electrons. The van der Waals surface area contributed by atoms with Crippen molar-refractivity contribution < 1.29 is 15.0 Å². The molecule has 16 heavy (non-hydrogen) atoms. The Hall–Kier alpha value is -0.220.